The molecule has 172 valence electrons. The molecule has 1 aliphatic rings. The molecule has 8 heteroatoms. The van der Waals surface area contributed by atoms with Crippen LogP contribution in [0.2, 0.25) is 0 Å². The van der Waals surface area contributed by atoms with Crippen molar-refractivity contribution in [2.75, 3.05) is 30.5 Å². The number of rotatable bonds is 8. The summed E-state index contributed by atoms with van der Waals surface area (Å²) in [6.45, 7) is 5.93. The Labute approximate surface area is 192 Å². The Balaban J connectivity index is 1.46. The summed E-state index contributed by atoms with van der Waals surface area (Å²) in [5.41, 5.74) is 4.61. The molecule has 3 N–H and O–H groups in total. The number of benzene rings is 1. The van der Waals surface area contributed by atoms with E-state index in [4.69, 9.17) is 4.74 Å². The van der Waals surface area contributed by atoms with Crippen LogP contribution in [0.25, 0.3) is 0 Å². The van der Waals surface area contributed by atoms with E-state index in [1.54, 1.807) is 30.6 Å². The molecule has 33 heavy (non-hydrogen) atoms. The summed E-state index contributed by atoms with van der Waals surface area (Å²) >= 11 is 0. The molecule has 0 spiro atoms. The number of nitrogens with one attached hydrogen (secondary N) is 3. The Morgan fingerprint density at radius 2 is 2.06 bits per heavy atom. The van der Waals surface area contributed by atoms with E-state index < -0.39 is 6.67 Å². The fourth-order valence-electron chi connectivity index (χ4n) is 3.98. The smallest absolute Gasteiger partial charge is 0.259 e. The molecule has 0 bridgehead atoms. The van der Waals surface area contributed by atoms with Crippen molar-refractivity contribution in [3.8, 4) is 5.88 Å². The number of hydrogen-bond donors (Lipinski definition) is 3. The molecule has 1 aliphatic heterocycles. The maximum atomic E-state index is 13.0. The van der Waals surface area contributed by atoms with Crippen LogP contribution in [-0.4, -0.2) is 35.7 Å². The fourth-order valence-corrected chi connectivity index (χ4v) is 3.98. The number of nitrogens with zero attached hydrogens (tertiary/aromatic N) is 2. The highest BCUT2D eigenvalue weighted by molar-refractivity contribution is 6.07. The summed E-state index contributed by atoms with van der Waals surface area (Å²) in [6.07, 6.45) is 3.23. The van der Waals surface area contributed by atoms with Gasteiger partial charge in [0.05, 0.1) is 5.56 Å². The van der Waals surface area contributed by atoms with Crippen LogP contribution in [0.5, 0.6) is 5.88 Å². The van der Waals surface area contributed by atoms with Gasteiger partial charge in [-0.3, -0.25) is 4.79 Å². The second kappa shape index (κ2) is 9.95. The lowest BCUT2D eigenvalue weighted by Crippen LogP contribution is -2.38. The molecule has 0 saturated heterocycles. The monoisotopic (exact) mass is 449 g/mol. The minimum absolute atomic E-state index is 0.0370. The van der Waals surface area contributed by atoms with Crippen molar-refractivity contribution in [1.29, 1.82) is 0 Å². The molecular weight excluding hydrogens is 421 g/mol. The Kier molecular flexibility index (Phi) is 6.84. The minimum atomic E-state index is -0.574. The lowest BCUT2D eigenvalue weighted by Gasteiger charge is -2.33. The number of alkyl halides is 1. The van der Waals surface area contributed by atoms with Gasteiger partial charge in [-0.2, -0.15) is 0 Å². The molecule has 0 saturated carbocycles. The van der Waals surface area contributed by atoms with E-state index in [9.17, 15) is 9.18 Å². The predicted molar refractivity (Wildman–Crippen MR) is 126 cm³/mol. The first-order chi connectivity index (χ1) is 16.0. The normalized spacial score (nSPS) is 14.3. The molecule has 3 aromatic rings. The SMILES string of the molecule is CC1(C)CNCc2cc(NC(=O)c3cccnc3NCc3ccnc(OCCF)c3)ccc21. The maximum absolute atomic E-state index is 13.0. The minimum Gasteiger partial charge on any atom is -0.475 e. The van der Waals surface area contributed by atoms with Gasteiger partial charge >= 0.3 is 0 Å². The van der Waals surface area contributed by atoms with E-state index in [1.807, 2.05) is 18.2 Å². The number of pyridine rings is 2. The van der Waals surface area contributed by atoms with Crippen LogP contribution < -0.4 is 20.7 Å². The largest absolute Gasteiger partial charge is 0.475 e. The number of carbonyl (C=O) groups is 1. The number of aromatic nitrogens is 2. The molecule has 1 amide bonds. The van der Waals surface area contributed by atoms with Crippen molar-refractivity contribution in [3.05, 3.63) is 77.1 Å². The molecule has 0 radical (unpaired) electrons. The topological polar surface area (TPSA) is 88.2 Å². The van der Waals surface area contributed by atoms with Crippen molar-refractivity contribution in [2.45, 2.75) is 32.4 Å². The maximum Gasteiger partial charge on any atom is 0.259 e. The van der Waals surface area contributed by atoms with Crippen LogP contribution >= 0.6 is 0 Å². The zero-order valence-corrected chi connectivity index (χ0v) is 18.8. The van der Waals surface area contributed by atoms with Gasteiger partial charge in [-0.1, -0.05) is 19.9 Å². The Morgan fingerprint density at radius 3 is 2.91 bits per heavy atom. The molecule has 3 heterocycles. The van der Waals surface area contributed by atoms with Gasteiger partial charge in [0.1, 0.15) is 19.1 Å². The lowest BCUT2D eigenvalue weighted by atomic mass is 9.79. The van der Waals surface area contributed by atoms with E-state index >= 15 is 0 Å². The number of carbonyl (C=O) groups excluding carboxylic acids is 1. The first-order valence-electron chi connectivity index (χ1n) is 10.9. The van der Waals surface area contributed by atoms with Crippen molar-refractivity contribution < 1.29 is 13.9 Å². The third-order valence-corrected chi connectivity index (χ3v) is 5.61. The zero-order valence-electron chi connectivity index (χ0n) is 18.8. The number of hydrogen-bond acceptors (Lipinski definition) is 6. The third-order valence-electron chi connectivity index (χ3n) is 5.61. The lowest BCUT2D eigenvalue weighted by molar-refractivity contribution is 0.102. The van der Waals surface area contributed by atoms with Gasteiger partial charge in [0.15, 0.2) is 0 Å². The highest BCUT2D eigenvalue weighted by Crippen LogP contribution is 2.31. The predicted octanol–water partition coefficient (Wildman–Crippen LogP) is 4.07. The summed E-state index contributed by atoms with van der Waals surface area (Å²) < 4.78 is 17.6. The van der Waals surface area contributed by atoms with Crippen molar-refractivity contribution in [1.82, 2.24) is 15.3 Å². The summed E-state index contributed by atoms with van der Waals surface area (Å²) in [4.78, 5) is 21.4. The van der Waals surface area contributed by atoms with E-state index in [-0.39, 0.29) is 17.9 Å². The highest BCUT2D eigenvalue weighted by atomic mass is 19.1. The summed E-state index contributed by atoms with van der Waals surface area (Å²) in [5.74, 6) is 0.588. The molecule has 1 aromatic carbocycles. The van der Waals surface area contributed by atoms with Crippen LogP contribution in [0.15, 0.2) is 54.9 Å². The van der Waals surface area contributed by atoms with Gasteiger partial charge in [0.25, 0.3) is 5.91 Å². The Morgan fingerprint density at radius 1 is 1.18 bits per heavy atom. The third kappa shape index (κ3) is 5.46. The molecule has 0 aliphatic carbocycles. The summed E-state index contributed by atoms with van der Waals surface area (Å²) in [7, 11) is 0. The van der Waals surface area contributed by atoms with Gasteiger partial charge in [0, 0.05) is 49.2 Å². The first kappa shape index (κ1) is 22.7. The van der Waals surface area contributed by atoms with Gasteiger partial charge in [0.2, 0.25) is 5.88 Å². The number of halogens is 1. The number of ether oxygens (including phenoxy) is 1. The summed E-state index contributed by atoms with van der Waals surface area (Å²) in [5, 5.41) is 9.63. The molecule has 4 rings (SSSR count). The van der Waals surface area contributed by atoms with Crippen LogP contribution in [0.4, 0.5) is 15.9 Å². The van der Waals surface area contributed by atoms with Crippen LogP contribution in [-0.2, 0) is 18.5 Å². The average molecular weight is 450 g/mol. The zero-order chi connectivity index (χ0) is 23.3. The van der Waals surface area contributed by atoms with Gasteiger partial charge < -0.3 is 20.7 Å². The van der Waals surface area contributed by atoms with E-state index in [0.29, 0.717) is 23.8 Å². The summed E-state index contributed by atoms with van der Waals surface area (Å²) in [6, 6.07) is 13.1. The Hall–Kier alpha value is -3.52. The van der Waals surface area contributed by atoms with E-state index in [0.717, 1.165) is 24.3 Å². The molecular formula is C25H28FN5O2. The molecule has 0 atom stereocenters. The Bertz CT molecular complexity index is 1140. The molecule has 7 nitrogen and oxygen atoms in total. The number of fused-ring (bicyclic) bond motifs is 1. The van der Waals surface area contributed by atoms with Crippen LogP contribution in [0.1, 0.15) is 40.9 Å². The van der Waals surface area contributed by atoms with Crippen LogP contribution in [0, 0.1) is 0 Å². The van der Waals surface area contributed by atoms with Gasteiger partial charge in [-0.25, -0.2) is 14.4 Å². The number of amides is 1. The van der Waals surface area contributed by atoms with E-state index in [2.05, 4.69) is 45.8 Å². The molecule has 0 unspecified atom stereocenters. The highest BCUT2D eigenvalue weighted by Gasteiger charge is 2.27. The second-order valence-corrected chi connectivity index (χ2v) is 8.61. The molecule has 0 fully saturated rings. The second-order valence-electron chi connectivity index (χ2n) is 8.61. The van der Waals surface area contributed by atoms with Crippen LogP contribution in [0.3, 0.4) is 0 Å². The van der Waals surface area contributed by atoms with Crippen molar-refractivity contribution >= 4 is 17.4 Å². The molecule has 2 aromatic heterocycles. The first-order valence-corrected chi connectivity index (χ1v) is 10.9. The van der Waals surface area contributed by atoms with E-state index in [1.165, 1.54) is 11.1 Å². The quantitative estimate of drug-likeness (QED) is 0.481. The van der Waals surface area contributed by atoms with Gasteiger partial charge in [-0.05, 0) is 47.0 Å². The fraction of sp³-hybridized carbons (Fsp3) is 0.320. The number of anilines is 2. The van der Waals surface area contributed by atoms with Crippen molar-refractivity contribution in [2.24, 2.45) is 0 Å². The average Bonchev–Trinajstić information content (AvgIpc) is 2.81. The standard InChI is InChI=1S/C25H28FN5O2/c1-25(2)16-27-15-18-13-19(5-6-21(18)25)31-24(32)20-4-3-9-29-23(20)30-14-17-7-10-28-22(12-17)33-11-8-26/h3-7,9-10,12-13,27H,8,11,14-16H2,1-2H3,(H,29,30)(H,31,32). The van der Waals surface area contributed by atoms with Crippen molar-refractivity contribution in [3.63, 3.8) is 0 Å². The van der Waals surface area contributed by atoms with Gasteiger partial charge in [-0.15, -0.1) is 0 Å².